The van der Waals surface area contributed by atoms with Gasteiger partial charge in [-0.3, -0.25) is 38.4 Å². The SMILES string of the molecule is CC(C)(C)CC(CC(CC(CC(CC(C(=O)O)C(C)(C)C)C(=O)O)(CC(C(N)=O)C(C)(C)C)C(N)=O)C(N)=O)(CC(CC(C(=O)O)C(C)(C)C)C(=O)O)C(N)=O. The Morgan fingerprint density at radius 2 is 0.714 bits per heavy atom. The normalized spacial score (nSPS) is 18.1. The maximum absolute atomic E-state index is 13.9. The first kappa shape index (κ1) is 51.8. The van der Waals surface area contributed by atoms with Gasteiger partial charge in [-0.2, -0.15) is 0 Å². The highest BCUT2D eigenvalue weighted by molar-refractivity contribution is 5.87. The number of amides is 4. The summed E-state index contributed by atoms with van der Waals surface area (Å²) < 4.78 is 0. The summed E-state index contributed by atoms with van der Waals surface area (Å²) in [5.74, 6) is -17.6. The molecule has 16 nitrogen and oxygen atoms in total. The molecule has 0 rings (SSSR count). The lowest BCUT2D eigenvalue weighted by atomic mass is 9.59. The van der Waals surface area contributed by atoms with E-state index in [4.69, 9.17) is 22.9 Å². The van der Waals surface area contributed by atoms with Crippen molar-refractivity contribution in [1.82, 2.24) is 0 Å². The first-order valence-corrected chi connectivity index (χ1v) is 18.9. The van der Waals surface area contributed by atoms with Gasteiger partial charge >= 0.3 is 23.9 Å². The van der Waals surface area contributed by atoms with Gasteiger partial charge < -0.3 is 43.4 Å². The Bertz CT molecular complexity index is 1480. The molecule has 16 heteroatoms. The standard InChI is InChI=1S/C40H70N4O12/c1-35(2,3)20-40(34(44)56,16-22(30(49)50)14-25(32(53)54)37(7,8)9)18-23(27(41)45)17-39(33(43)55,19-26(28(42)46)38(10,11)12)15-21(29(47)48)13-24(31(51)52)36(4,5)6/h21-26H,13-20H2,1-12H3,(H2,41,45)(H2,42,46)(H2,43,55)(H2,44,56)(H,47,48)(H,49,50)(H,51,52)(H,53,54). The van der Waals surface area contributed by atoms with Crippen molar-refractivity contribution in [2.24, 2.45) is 90.9 Å². The molecule has 8 unspecified atom stereocenters. The van der Waals surface area contributed by atoms with E-state index in [-0.39, 0.29) is 6.42 Å². The third-order valence-electron chi connectivity index (χ3n) is 11.3. The molecule has 322 valence electrons. The van der Waals surface area contributed by atoms with Crippen LogP contribution in [-0.4, -0.2) is 67.9 Å². The Kier molecular flexibility index (Phi) is 17.4. The van der Waals surface area contributed by atoms with Gasteiger partial charge in [0.1, 0.15) is 0 Å². The Balaban J connectivity index is 7.98. The number of primary amides is 4. The van der Waals surface area contributed by atoms with Gasteiger partial charge in [-0.05, 0) is 73.0 Å². The van der Waals surface area contributed by atoms with Crippen molar-refractivity contribution < 1.29 is 58.8 Å². The predicted molar refractivity (Wildman–Crippen MR) is 208 cm³/mol. The average molecular weight is 799 g/mol. The van der Waals surface area contributed by atoms with E-state index in [2.05, 4.69) is 0 Å². The quantitative estimate of drug-likeness (QED) is 0.0720. The van der Waals surface area contributed by atoms with Crippen molar-refractivity contribution in [3.63, 3.8) is 0 Å². The summed E-state index contributed by atoms with van der Waals surface area (Å²) in [6, 6.07) is 0. The Morgan fingerprint density at radius 3 is 0.946 bits per heavy atom. The van der Waals surface area contributed by atoms with Crippen LogP contribution in [-0.2, 0) is 38.4 Å². The van der Waals surface area contributed by atoms with Crippen molar-refractivity contribution in [2.45, 2.75) is 134 Å². The minimum atomic E-state index is -2.07. The molecule has 0 aromatic rings. The van der Waals surface area contributed by atoms with E-state index in [0.717, 1.165) is 0 Å². The number of carboxylic acids is 4. The Morgan fingerprint density at radius 1 is 0.411 bits per heavy atom. The average Bonchev–Trinajstić information content (AvgIpc) is 2.95. The molecule has 0 bridgehead atoms. The second kappa shape index (κ2) is 18.8. The molecule has 12 N–H and O–H groups in total. The summed E-state index contributed by atoms with van der Waals surface area (Å²) in [6.45, 7) is 19.9. The monoisotopic (exact) mass is 798 g/mol. The van der Waals surface area contributed by atoms with Crippen LogP contribution in [0.2, 0.25) is 0 Å². The zero-order valence-corrected chi connectivity index (χ0v) is 35.5. The maximum Gasteiger partial charge on any atom is 0.307 e. The van der Waals surface area contributed by atoms with Gasteiger partial charge in [-0.25, -0.2) is 0 Å². The van der Waals surface area contributed by atoms with Crippen molar-refractivity contribution in [1.29, 1.82) is 0 Å². The highest BCUT2D eigenvalue weighted by Gasteiger charge is 2.52. The van der Waals surface area contributed by atoms with E-state index in [1.165, 1.54) is 0 Å². The van der Waals surface area contributed by atoms with E-state index in [9.17, 15) is 58.8 Å². The van der Waals surface area contributed by atoms with Crippen LogP contribution in [0.15, 0.2) is 0 Å². The molecule has 0 radical (unpaired) electrons. The smallest absolute Gasteiger partial charge is 0.307 e. The van der Waals surface area contributed by atoms with E-state index in [1.807, 2.05) is 0 Å². The summed E-state index contributed by atoms with van der Waals surface area (Å²) >= 11 is 0. The second-order valence-electron chi connectivity index (χ2n) is 20.5. The third kappa shape index (κ3) is 15.0. The minimum absolute atomic E-state index is 0.116. The first-order chi connectivity index (χ1) is 24.8. The largest absolute Gasteiger partial charge is 0.481 e. The van der Waals surface area contributed by atoms with Crippen LogP contribution >= 0.6 is 0 Å². The van der Waals surface area contributed by atoms with Crippen molar-refractivity contribution in [2.75, 3.05) is 0 Å². The topological polar surface area (TPSA) is 322 Å². The predicted octanol–water partition coefficient (Wildman–Crippen LogP) is 4.24. The van der Waals surface area contributed by atoms with Crippen molar-refractivity contribution >= 4 is 47.5 Å². The number of carbonyl (C=O) groups excluding carboxylic acids is 4. The fourth-order valence-electron chi connectivity index (χ4n) is 8.23. The number of nitrogens with two attached hydrogens (primary N) is 4. The molecule has 0 aliphatic carbocycles. The van der Waals surface area contributed by atoms with Crippen LogP contribution < -0.4 is 22.9 Å². The number of aliphatic carboxylic acids is 4. The lowest BCUT2D eigenvalue weighted by Crippen LogP contribution is -2.50. The molecule has 0 spiro atoms. The molecule has 4 amide bonds. The summed E-state index contributed by atoms with van der Waals surface area (Å²) in [6.07, 6.45) is -3.80. The Labute approximate surface area is 331 Å². The second-order valence-corrected chi connectivity index (χ2v) is 20.5. The zero-order valence-electron chi connectivity index (χ0n) is 35.5. The van der Waals surface area contributed by atoms with Gasteiger partial charge in [0.15, 0.2) is 0 Å². The van der Waals surface area contributed by atoms with Gasteiger partial charge in [-0.1, -0.05) is 83.1 Å². The van der Waals surface area contributed by atoms with E-state index in [0.29, 0.717) is 0 Å². The molecule has 0 fully saturated rings. The Hall–Kier alpha value is -4.24. The molecule has 0 aliphatic heterocycles. The van der Waals surface area contributed by atoms with Gasteiger partial charge in [0, 0.05) is 11.8 Å². The first-order valence-electron chi connectivity index (χ1n) is 18.9. The van der Waals surface area contributed by atoms with Crippen LogP contribution in [0, 0.1) is 68.0 Å². The van der Waals surface area contributed by atoms with E-state index >= 15 is 0 Å². The van der Waals surface area contributed by atoms with Gasteiger partial charge in [-0.15, -0.1) is 0 Å². The lowest BCUT2D eigenvalue weighted by molar-refractivity contribution is -0.152. The van der Waals surface area contributed by atoms with Gasteiger partial charge in [0.2, 0.25) is 23.6 Å². The van der Waals surface area contributed by atoms with Gasteiger partial charge in [0.25, 0.3) is 0 Å². The third-order valence-corrected chi connectivity index (χ3v) is 11.3. The molecule has 0 heterocycles. The number of carbonyl (C=O) groups is 8. The fraction of sp³-hybridized carbons (Fsp3) is 0.800. The molecule has 56 heavy (non-hydrogen) atoms. The summed E-state index contributed by atoms with van der Waals surface area (Å²) in [7, 11) is 0. The molecule has 0 saturated heterocycles. The molecular formula is C40H70N4O12. The zero-order chi connectivity index (χ0) is 44.7. The highest BCUT2D eigenvalue weighted by Crippen LogP contribution is 2.51. The van der Waals surface area contributed by atoms with Crippen LogP contribution in [0.4, 0.5) is 0 Å². The molecule has 0 aromatic heterocycles. The van der Waals surface area contributed by atoms with Crippen LogP contribution in [0.5, 0.6) is 0 Å². The number of rotatable bonds is 23. The molecule has 8 atom stereocenters. The minimum Gasteiger partial charge on any atom is -0.481 e. The molecular weight excluding hydrogens is 728 g/mol. The molecule has 0 aromatic carbocycles. The summed E-state index contributed by atoms with van der Waals surface area (Å²) in [5, 5.41) is 41.0. The fourth-order valence-corrected chi connectivity index (χ4v) is 8.23. The highest BCUT2D eigenvalue weighted by atomic mass is 16.4. The number of hydrogen-bond acceptors (Lipinski definition) is 8. The van der Waals surface area contributed by atoms with Crippen molar-refractivity contribution in [3.05, 3.63) is 0 Å². The van der Waals surface area contributed by atoms with E-state index in [1.54, 1.807) is 83.1 Å². The van der Waals surface area contributed by atoms with Crippen LogP contribution in [0.3, 0.4) is 0 Å². The summed E-state index contributed by atoms with van der Waals surface area (Å²) in [5.41, 5.74) is 16.6. The van der Waals surface area contributed by atoms with Crippen LogP contribution in [0.1, 0.15) is 134 Å². The maximum atomic E-state index is 13.9. The van der Waals surface area contributed by atoms with E-state index < -0.39 is 160 Å². The molecule has 0 aliphatic rings. The molecule has 0 saturated carbocycles. The number of carboxylic acid groups (broad SMARTS) is 4. The summed E-state index contributed by atoms with van der Waals surface area (Å²) in [4.78, 5) is 105. The van der Waals surface area contributed by atoms with Crippen molar-refractivity contribution in [3.8, 4) is 0 Å². The number of hydrogen-bond donors (Lipinski definition) is 8. The van der Waals surface area contributed by atoms with Gasteiger partial charge in [0.05, 0.1) is 34.5 Å². The van der Waals surface area contributed by atoms with Crippen LogP contribution in [0.25, 0.3) is 0 Å². The lowest BCUT2D eigenvalue weighted by Gasteiger charge is -2.44.